The van der Waals surface area contributed by atoms with Crippen molar-refractivity contribution < 1.29 is 19.1 Å². The summed E-state index contributed by atoms with van der Waals surface area (Å²) < 4.78 is 10.9. The summed E-state index contributed by atoms with van der Waals surface area (Å²) in [5.41, 5.74) is 2.20. The lowest BCUT2D eigenvalue weighted by atomic mass is 10.2. The Kier molecular flexibility index (Phi) is 6.46. The number of carbonyl (C=O) groups excluding carboxylic acids is 2. The molecule has 2 aromatic carbocycles. The fourth-order valence-electron chi connectivity index (χ4n) is 3.41. The number of carbonyl (C=O) groups is 2. The van der Waals surface area contributed by atoms with Crippen molar-refractivity contribution in [3.05, 3.63) is 48.5 Å². The number of benzene rings is 2. The van der Waals surface area contributed by atoms with E-state index in [4.69, 9.17) is 9.47 Å². The van der Waals surface area contributed by atoms with Crippen molar-refractivity contribution in [2.75, 3.05) is 23.8 Å². The Hall–Kier alpha value is -3.10. The van der Waals surface area contributed by atoms with Crippen LogP contribution in [0.5, 0.6) is 0 Å². The number of hydrogen-bond acceptors (Lipinski definition) is 6. The van der Waals surface area contributed by atoms with Crippen LogP contribution in [-0.2, 0) is 19.1 Å². The maximum Gasteiger partial charge on any atom is 0.253 e. The number of rotatable bonds is 6. The Morgan fingerprint density at radius 2 is 1.50 bits per heavy atom. The maximum absolute atomic E-state index is 12.6. The number of nitrogens with zero attached hydrogens (tertiary/aromatic N) is 2. The van der Waals surface area contributed by atoms with Gasteiger partial charge in [0.25, 0.3) is 11.8 Å². The predicted molar refractivity (Wildman–Crippen MR) is 112 cm³/mol. The molecule has 2 aromatic rings. The van der Waals surface area contributed by atoms with Gasteiger partial charge in [-0.25, -0.2) is 0 Å². The Balaban J connectivity index is 1.55. The van der Waals surface area contributed by atoms with Gasteiger partial charge in [0.2, 0.25) is 0 Å². The summed E-state index contributed by atoms with van der Waals surface area (Å²) in [7, 11) is 0. The van der Waals surface area contributed by atoms with Gasteiger partial charge in [-0.1, -0.05) is 18.2 Å². The van der Waals surface area contributed by atoms with Crippen LogP contribution >= 0.6 is 0 Å². The lowest BCUT2D eigenvalue weighted by Gasteiger charge is -2.15. The van der Waals surface area contributed by atoms with Crippen molar-refractivity contribution in [3.63, 3.8) is 0 Å². The van der Waals surface area contributed by atoms with Crippen molar-refractivity contribution in [1.82, 2.24) is 0 Å². The quantitative estimate of drug-likeness (QED) is 0.694. The molecule has 2 aliphatic heterocycles. The molecule has 0 aliphatic carbocycles. The van der Waals surface area contributed by atoms with E-state index in [1.807, 2.05) is 30.3 Å². The minimum absolute atomic E-state index is 0.192. The van der Waals surface area contributed by atoms with Crippen molar-refractivity contribution >= 4 is 34.6 Å². The molecule has 2 amide bonds. The Morgan fingerprint density at radius 3 is 2.13 bits per heavy atom. The number of nitrogens with one attached hydrogen (secondary N) is 2. The van der Waals surface area contributed by atoms with Crippen LogP contribution in [0.15, 0.2) is 58.8 Å². The van der Waals surface area contributed by atoms with Crippen molar-refractivity contribution in [1.29, 1.82) is 0 Å². The van der Waals surface area contributed by atoms with Crippen LogP contribution in [0.4, 0.5) is 22.7 Å². The topological polar surface area (TPSA) is 101 Å². The number of azo groups is 1. The van der Waals surface area contributed by atoms with E-state index in [1.165, 1.54) is 0 Å². The fraction of sp³-hybridized carbons (Fsp3) is 0.364. The van der Waals surface area contributed by atoms with Gasteiger partial charge >= 0.3 is 0 Å². The van der Waals surface area contributed by atoms with E-state index in [-0.39, 0.29) is 11.8 Å². The maximum atomic E-state index is 12.6. The molecule has 156 valence electrons. The molecule has 4 rings (SSSR count). The second kappa shape index (κ2) is 9.60. The third kappa shape index (κ3) is 5.08. The van der Waals surface area contributed by atoms with Crippen LogP contribution in [0, 0.1) is 0 Å². The molecule has 0 unspecified atom stereocenters. The molecule has 30 heavy (non-hydrogen) atoms. The SMILES string of the molecule is O=C(Nc1ccc(N=Nc2ccccc2)c(NC(=O)[C@H]2CCCO2)c1)[C@H]1CCCO1. The second-order valence-corrected chi connectivity index (χ2v) is 7.25. The van der Waals surface area contributed by atoms with E-state index in [1.54, 1.807) is 18.2 Å². The van der Waals surface area contributed by atoms with Crippen LogP contribution in [-0.4, -0.2) is 37.2 Å². The van der Waals surface area contributed by atoms with Crippen LogP contribution in [0.2, 0.25) is 0 Å². The van der Waals surface area contributed by atoms with E-state index >= 15 is 0 Å². The second-order valence-electron chi connectivity index (χ2n) is 7.25. The first-order valence-corrected chi connectivity index (χ1v) is 10.1. The molecule has 0 radical (unpaired) electrons. The molecule has 2 N–H and O–H groups in total. The van der Waals surface area contributed by atoms with Gasteiger partial charge in [-0.3, -0.25) is 9.59 Å². The van der Waals surface area contributed by atoms with Gasteiger partial charge in [-0.2, -0.15) is 5.11 Å². The highest BCUT2D eigenvalue weighted by Crippen LogP contribution is 2.31. The average molecular weight is 408 g/mol. The number of hydrogen-bond donors (Lipinski definition) is 2. The van der Waals surface area contributed by atoms with E-state index in [0.29, 0.717) is 48.8 Å². The van der Waals surface area contributed by atoms with Crippen LogP contribution in [0.1, 0.15) is 25.7 Å². The van der Waals surface area contributed by atoms with Crippen LogP contribution < -0.4 is 10.6 Å². The van der Waals surface area contributed by atoms with Gasteiger partial charge in [-0.05, 0) is 56.0 Å². The van der Waals surface area contributed by atoms with E-state index in [9.17, 15) is 9.59 Å². The van der Waals surface area contributed by atoms with Crippen LogP contribution in [0.3, 0.4) is 0 Å². The number of amides is 2. The zero-order valence-electron chi connectivity index (χ0n) is 16.5. The molecule has 8 heteroatoms. The first-order chi connectivity index (χ1) is 14.7. The molecule has 0 spiro atoms. The molecular weight excluding hydrogens is 384 g/mol. The highest BCUT2D eigenvalue weighted by atomic mass is 16.5. The highest BCUT2D eigenvalue weighted by molar-refractivity contribution is 5.99. The molecule has 0 bridgehead atoms. The highest BCUT2D eigenvalue weighted by Gasteiger charge is 2.25. The molecule has 2 fully saturated rings. The third-order valence-electron chi connectivity index (χ3n) is 5.00. The monoisotopic (exact) mass is 408 g/mol. The molecule has 2 heterocycles. The fourth-order valence-corrected chi connectivity index (χ4v) is 3.41. The predicted octanol–water partition coefficient (Wildman–Crippen LogP) is 4.34. The molecule has 0 aromatic heterocycles. The van der Waals surface area contributed by atoms with Gasteiger partial charge in [0.15, 0.2) is 0 Å². The zero-order valence-corrected chi connectivity index (χ0v) is 16.5. The third-order valence-corrected chi connectivity index (χ3v) is 5.00. The Morgan fingerprint density at radius 1 is 0.833 bits per heavy atom. The van der Waals surface area contributed by atoms with Gasteiger partial charge in [0.05, 0.1) is 11.4 Å². The summed E-state index contributed by atoms with van der Waals surface area (Å²) in [4.78, 5) is 24.9. The molecular formula is C22H24N4O4. The van der Waals surface area contributed by atoms with Gasteiger partial charge in [0.1, 0.15) is 17.9 Å². The summed E-state index contributed by atoms with van der Waals surface area (Å²) >= 11 is 0. The van der Waals surface area contributed by atoms with Crippen molar-refractivity contribution in [2.24, 2.45) is 10.2 Å². The normalized spacial score (nSPS) is 21.1. The van der Waals surface area contributed by atoms with E-state index in [2.05, 4.69) is 20.9 Å². The lowest BCUT2D eigenvalue weighted by Crippen LogP contribution is -2.28. The summed E-state index contributed by atoms with van der Waals surface area (Å²) in [6, 6.07) is 14.4. The van der Waals surface area contributed by atoms with Gasteiger partial charge in [-0.15, -0.1) is 5.11 Å². The molecule has 0 saturated carbocycles. The number of ether oxygens (including phenoxy) is 2. The summed E-state index contributed by atoms with van der Waals surface area (Å²) in [6.45, 7) is 1.18. The van der Waals surface area contributed by atoms with Crippen molar-refractivity contribution in [2.45, 2.75) is 37.9 Å². The van der Waals surface area contributed by atoms with E-state index in [0.717, 1.165) is 12.8 Å². The molecule has 8 nitrogen and oxygen atoms in total. The Bertz CT molecular complexity index is 920. The lowest BCUT2D eigenvalue weighted by molar-refractivity contribution is -0.125. The molecule has 2 atom stereocenters. The average Bonchev–Trinajstić information content (AvgIpc) is 3.48. The minimum atomic E-state index is -0.478. The summed E-state index contributed by atoms with van der Waals surface area (Å²) in [5, 5.41) is 14.2. The van der Waals surface area contributed by atoms with Crippen LogP contribution in [0.25, 0.3) is 0 Å². The van der Waals surface area contributed by atoms with Gasteiger partial charge in [0, 0.05) is 18.9 Å². The summed E-state index contributed by atoms with van der Waals surface area (Å²) in [6.07, 6.45) is 2.21. The zero-order chi connectivity index (χ0) is 20.8. The van der Waals surface area contributed by atoms with Crippen molar-refractivity contribution in [3.8, 4) is 0 Å². The standard InChI is InChI=1S/C22H24N4O4/c27-21(19-8-4-12-29-19)23-16-10-11-17(26-25-15-6-2-1-3-7-15)18(14-16)24-22(28)20-9-5-13-30-20/h1-3,6-7,10-11,14,19-20H,4-5,8-9,12-13H2,(H,23,27)(H,24,28)/t19-,20-/m1/s1. The largest absolute Gasteiger partial charge is 0.368 e. The first-order valence-electron chi connectivity index (χ1n) is 10.1. The van der Waals surface area contributed by atoms with Gasteiger partial charge < -0.3 is 20.1 Å². The Labute approximate surface area is 174 Å². The first kappa shape index (κ1) is 20.2. The molecule has 2 aliphatic rings. The minimum Gasteiger partial charge on any atom is -0.368 e. The summed E-state index contributed by atoms with van der Waals surface area (Å²) in [5.74, 6) is -0.422. The number of anilines is 2. The van der Waals surface area contributed by atoms with E-state index < -0.39 is 12.2 Å². The molecule has 2 saturated heterocycles. The smallest absolute Gasteiger partial charge is 0.253 e.